The quantitative estimate of drug-likeness (QED) is 0.148. The van der Waals surface area contributed by atoms with Gasteiger partial charge in [-0.15, -0.1) is 11.8 Å². The van der Waals surface area contributed by atoms with E-state index in [1.807, 2.05) is 0 Å². The topological polar surface area (TPSA) is 3.24 Å². The van der Waals surface area contributed by atoms with Gasteiger partial charge in [-0.3, -0.25) is 0 Å². The molecule has 0 amide bonds. The van der Waals surface area contributed by atoms with Crippen LogP contribution < -0.4 is 15.8 Å². The number of benzene rings is 4. The first-order chi connectivity index (χ1) is 33.3. The van der Waals surface area contributed by atoms with Crippen LogP contribution in [-0.2, 0) is 27.1 Å². The Hall–Kier alpha value is -3.43. The Kier molecular flexibility index (Phi) is 11.5. The van der Waals surface area contributed by atoms with E-state index in [4.69, 9.17) is 0 Å². The summed E-state index contributed by atoms with van der Waals surface area (Å²) in [6.45, 7) is 48.0. The van der Waals surface area contributed by atoms with E-state index >= 15 is 0 Å². The zero-order valence-electron chi connectivity index (χ0n) is 48.7. The second kappa shape index (κ2) is 16.3. The number of anilines is 2. The summed E-state index contributed by atoms with van der Waals surface area (Å²) >= 11 is 2.32. The van der Waals surface area contributed by atoms with Gasteiger partial charge in [0.1, 0.15) is 0 Å². The van der Waals surface area contributed by atoms with Crippen molar-refractivity contribution in [3.63, 3.8) is 0 Å². The van der Waals surface area contributed by atoms with Gasteiger partial charge >= 0.3 is 0 Å². The van der Waals surface area contributed by atoms with Crippen LogP contribution in [0, 0.1) is 35.0 Å². The minimum absolute atomic E-state index is 0.00543. The molecule has 1 nitrogen and oxygen atoms in total. The molecule has 0 bridgehead atoms. The number of aryl methyl sites for hydroxylation is 1. The molecule has 4 aromatic carbocycles. The first-order valence-corrected chi connectivity index (χ1v) is 29.7. The SMILES string of the molecule is Cc1cc2c3c(c1)N(c1ccc(C(C)(C)C)cc1-c1ccc4c(c1)C(C)(C)CCC4(C)C)C1=C(SC4C1C(C)(C)CCC4(C)C)B3c1ccc3c(c1C2CC1=CCC(C(C)(C)C)CC1)C(C)(C)CCC3(C)C. The van der Waals surface area contributed by atoms with Crippen LogP contribution in [0.4, 0.5) is 11.4 Å². The maximum absolute atomic E-state index is 2.94. The fourth-order valence-corrected chi connectivity index (χ4v) is 18.0. The van der Waals surface area contributed by atoms with Crippen LogP contribution in [0.15, 0.2) is 82.8 Å². The van der Waals surface area contributed by atoms with Crippen LogP contribution in [0.2, 0.25) is 0 Å². The monoisotopic (exact) mass is 978 g/mol. The van der Waals surface area contributed by atoms with E-state index in [2.05, 4.69) is 215 Å². The molecule has 4 atom stereocenters. The van der Waals surface area contributed by atoms with Crippen molar-refractivity contribution in [1.82, 2.24) is 0 Å². The molecule has 11 rings (SSSR count). The lowest BCUT2D eigenvalue weighted by atomic mass is 9.33. The summed E-state index contributed by atoms with van der Waals surface area (Å²) in [5.41, 5.74) is 25.9. The van der Waals surface area contributed by atoms with Gasteiger partial charge in [-0.2, -0.15) is 0 Å². The summed E-state index contributed by atoms with van der Waals surface area (Å²) in [7, 11) is 0. The lowest BCUT2D eigenvalue weighted by Crippen LogP contribution is -2.57. The second-order valence-corrected chi connectivity index (χ2v) is 32.2. The first-order valence-electron chi connectivity index (χ1n) is 28.8. The third-order valence-corrected chi connectivity index (χ3v) is 22.9. The van der Waals surface area contributed by atoms with Crippen LogP contribution in [0.3, 0.4) is 0 Å². The predicted molar refractivity (Wildman–Crippen MR) is 316 cm³/mol. The van der Waals surface area contributed by atoms with Crippen LogP contribution in [-0.4, -0.2) is 12.0 Å². The number of rotatable bonds is 4. The van der Waals surface area contributed by atoms with Gasteiger partial charge < -0.3 is 4.90 Å². The average Bonchev–Trinajstić information content (AvgIpc) is 3.71. The van der Waals surface area contributed by atoms with Gasteiger partial charge in [0, 0.05) is 34.0 Å². The highest BCUT2D eigenvalue weighted by molar-refractivity contribution is 8.06. The summed E-state index contributed by atoms with van der Waals surface area (Å²) in [6, 6.07) is 26.1. The summed E-state index contributed by atoms with van der Waals surface area (Å²) in [5.74, 6) is 1.46. The van der Waals surface area contributed by atoms with E-state index in [9.17, 15) is 0 Å². The van der Waals surface area contributed by atoms with E-state index in [1.54, 1.807) is 54.8 Å². The molecule has 0 N–H and O–H groups in total. The number of hydrogen-bond donors (Lipinski definition) is 0. The Balaban J connectivity index is 1.23. The molecule has 1 fully saturated rings. The summed E-state index contributed by atoms with van der Waals surface area (Å²) in [5, 5.41) is 0.494. The number of fused-ring (bicyclic) bond motifs is 8. The summed E-state index contributed by atoms with van der Waals surface area (Å²) < 4.78 is 0. The smallest absolute Gasteiger partial charge is 0.254 e. The molecule has 0 radical (unpaired) electrons. The van der Waals surface area contributed by atoms with E-state index in [-0.39, 0.29) is 44.6 Å². The van der Waals surface area contributed by atoms with Crippen molar-refractivity contribution in [1.29, 1.82) is 0 Å². The Bertz CT molecular complexity index is 2970. The van der Waals surface area contributed by atoms with E-state index in [0.29, 0.717) is 22.5 Å². The molecule has 1 saturated carbocycles. The van der Waals surface area contributed by atoms with Gasteiger partial charge in [0.2, 0.25) is 0 Å². The Morgan fingerprint density at radius 3 is 1.94 bits per heavy atom. The standard InChI is InChI=1S/C69H92BNS/c1-41-36-48-47(38-42-20-23-44(24-21-42)62(2,3)4)55-52(28-27-50-56(55)67(14,15)33-32-65(50,10)11)70-58(48)54(37-41)71(59-57-60(72-61(59)70)69(18,19)35-34-68(57,16)17)53-29-25-45(63(5,6)7)40-46(53)43-22-26-49-51(39-43)66(12,13)31-30-64(49,8)9/h20,22,25-29,36-37,39-40,44,47,57,60H,21,23-24,30-35,38H2,1-19H3. The van der Waals surface area contributed by atoms with Gasteiger partial charge in [0.15, 0.2) is 0 Å². The van der Waals surface area contributed by atoms with Crippen LogP contribution in [0.5, 0.6) is 0 Å². The fraction of sp³-hybridized carbons (Fsp3) is 0.594. The molecule has 4 aliphatic carbocycles. The Morgan fingerprint density at radius 2 is 1.29 bits per heavy atom. The molecule has 3 heteroatoms. The molecule has 4 aromatic rings. The average molecular weight is 978 g/mol. The Labute approximate surface area is 443 Å². The molecule has 382 valence electrons. The largest absolute Gasteiger partial charge is 0.314 e. The highest BCUT2D eigenvalue weighted by Crippen LogP contribution is 2.66. The minimum atomic E-state index is 0.00543. The Morgan fingerprint density at radius 1 is 0.653 bits per heavy atom. The zero-order chi connectivity index (χ0) is 51.8. The normalized spacial score (nSPS) is 27.0. The number of nitrogens with zero attached hydrogens (tertiary/aromatic N) is 1. The number of allylic oxidation sites excluding steroid dienone is 3. The predicted octanol–water partition coefficient (Wildman–Crippen LogP) is 18.4. The molecule has 4 unspecified atom stereocenters. The molecule has 3 heterocycles. The van der Waals surface area contributed by atoms with Crippen molar-refractivity contribution in [3.8, 4) is 11.1 Å². The molecule has 3 aliphatic heterocycles. The molecule has 7 aliphatic rings. The first kappa shape index (κ1) is 50.7. The second-order valence-electron chi connectivity index (χ2n) is 31.0. The van der Waals surface area contributed by atoms with Crippen molar-refractivity contribution >= 4 is 40.8 Å². The van der Waals surface area contributed by atoms with Gasteiger partial charge in [-0.1, -0.05) is 184 Å². The summed E-state index contributed by atoms with van der Waals surface area (Å²) in [4.78, 5) is 4.60. The zero-order valence-corrected chi connectivity index (χ0v) is 49.5. The van der Waals surface area contributed by atoms with E-state index in [1.165, 1.54) is 97.0 Å². The summed E-state index contributed by atoms with van der Waals surface area (Å²) in [6.07, 6.45) is 15.0. The molecule has 0 spiro atoms. The molecule has 72 heavy (non-hydrogen) atoms. The molecular weight excluding hydrogens is 886 g/mol. The highest BCUT2D eigenvalue weighted by atomic mass is 32.2. The van der Waals surface area contributed by atoms with Crippen molar-refractivity contribution in [2.75, 3.05) is 4.90 Å². The van der Waals surface area contributed by atoms with E-state index < -0.39 is 0 Å². The van der Waals surface area contributed by atoms with Crippen molar-refractivity contribution < 1.29 is 0 Å². The molecule has 0 aromatic heterocycles. The number of thioether (sulfide) groups is 1. The third-order valence-electron chi connectivity index (χ3n) is 21.1. The van der Waals surface area contributed by atoms with Crippen LogP contribution in [0.25, 0.3) is 11.1 Å². The van der Waals surface area contributed by atoms with Gasteiger partial charge in [0.05, 0.1) is 5.69 Å². The van der Waals surface area contributed by atoms with E-state index in [0.717, 1.165) is 12.3 Å². The van der Waals surface area contributed by atoms with Crippen LogP contribution in [0.1, 0.15) is 239 Å². The molecular formula is C69H92BNS. The fourth-order valence-electron chi connectivity index (χ4n) is 15.9. The lowest BCUT2D eigenvalue weighted by molar-refractivity contribution is 0.0881. The van der Waals surface area contributed by atoms with Gasteiger partial charge in [-0.05, 0) is 199 Å². The maximum Gasteiger partial charge on any atom is 0.254 e. The van der Waals surface area contributed by atoms with Gasteiger partial charge in [0.25, 0.3) is 6.71 Å². The van der Waals surface area contributed by atoms with Crippen molar-refractivity contribution in [2.45, 2.75) is 234 Å². The van der Waals surface area contributed by atoms with Gasteiger partial charge in [-0.25, -0.2) is 0 Å². The highest BCUT2D eigenvalue weighted by Gasteiger charge is 2.60. The number of hydrogen-bond acceptors (Lipinski definition) is 2. The van der Waals surface area contributed by atoms with Crippen molar-refractivity contribution in [3.05, 3.63) is 127 Å². The minimum Gasteiger partial charge on any atom is -0.314 e. The lowest BCUT2D eigenvalue weighted by Gasteiger charge is -2.52. The van der Waals surface area contributed by atoms with Crippen LogP contribution >= 0.6 is 11.8 Å². The maximum atomic E-state index is 2.94. The van der Waals surface area contributed by atoms with Crippen molar-refractivity contribution in [2.24, 2.45) is 28.1 Å². The molecule has 0 saturated heterocycles. The third kappa shape index (κ3) is 7.88.